The Hall–Kier alpha value is -0.313. The van der Waals surface area contributed by atoms with Crippen molar-refractivity contribution >= 4 is 14.5 Å². The van der Waals surface area contributed by atoms with Crippen molar-refractivity contribution in [1.82, 2.24) is 0 Å². The Morgan fingerprint density at radius 2 is 1.88 bits per heavy atom. The molecule has 0 aromatic heterocycles. The zero-order valence-electron chi connectivity index (χ0n) is 5.93. The number of rotatable bonds is 2. The molecule has 2 nitrogen and oxygen atoms in total. The fourth-order valence-corrected chi connectivity index (χ4v) is 0.632. The van der Waals surface area contributed by atoms with E-state index in [1.807, 2.05) is 6.92 Å². The predicted molar refractivity (Wildman–Crippen MR) is 38.6 cm³/mol. The molecule has 0 fully saturated rings. The van der Waals surface area contributed by atoms with Gasteiger partial charge >= 0.3 is 0 Å². The van der Waals surface area contributed by atoms with Crippen LogP contribution in [0.3, 0.4) is 0 Å². The van der Waals surface area contributed by atoms with Crippen LogP contribution in [0.15, 0.2) is 5.16 Å². The topological polar surface area (TPSA) is 21.6 Å². The minimum absolute atomic E-state index is 1.38. The molecule has 0 saturated carbocycles. The molecule has 0 saturated heterocycles. The van der Waals surface area contributed by atoms with E-state index in [4.69, 9.17) is 4.53 Å². The van der Waals surface area contributed by atoms with E-state index in [0.29, 0.717) is 0 Å². The first-order valence-corrected chi connectivity index (χ1v) is 6.13. The standard InChI is InChI=1S/C5H13NOSi/c1-5-6-7-8(2,3)4/h5H,1-4H3. The van der Waals surface area contributed by atoms with Gasteiger partial charge in [-0.25, -0.2) is 0 Å². The molecule has 0 aliphatic heterocycles. The predicted octanol–water partition coefficient (Wildman–Crippen LogP) is 1.84. The molecule has 0 amide bonds. The van der Waals surface area contributed by atoms with Gasteiger partial charge in [-0.3, -0.25) is 0 Å². The van der Waals surface area contributed by atoms with Crippen molar-refractivity contribution in [3.05, 3.63) is 0 Å². The summed E-state index contributed by atoms with van der Waals surface area (Å²) >= 11 is 0. The van der Waals surface area contributed by atoms with Gasteiger partial charge in [0, 0.05) is 6.21 Å². The van der Waals surface area contributed by atoms with Gasteiger partial charge in [-0.2, -0.15) is 0 Å². The molecule has 0 heterocycles. The molecule has 0 aliphatic rings. The largest absolute Gasteiger partial charge is 0.456 e. The fraction of sp³-hybridized carbons (Fsp3) is 0.800. The van der Waals surface area contributed by atoms with Crippen molar-refractivity contribution in [3.8, 4) is 0 Å². The van der Waals surface area contributed by atoms with Crippen LogP contribution >= 0.6 is 0 Å². The van der Waals surface area contributed by atoms with Gasteiger partial charge in [-0.1, -0.05) is 0 Å². The Labute approximate surface area is 51.7 Å². The highest BCUT2D eigenvalue weighted by molar-refractivity contribution is 6.69. The summed E-state index contributed by atoms with van der Waals surface area (Å²) < 4.78 is 5.09. The van der Waals surface area contributed by atoms with E-state index < -0.39 is 8.32 Å². The van der Waals surface area contributed by atoms with Gasteiger partial charge in [0.15, 0.2) is 0 Å². The van der Waals surface area contributed by atoms with E-state index in [0.717, 1.165) is 0 Å². The van der Waals surface area contributed by atoms with Crippen molar-refractivity contribution in [2.24, 2.45) is 5.16 Å². The molecule has 0 spiro atoms. The molecule has 48 valence electrons. The van der Waals surface area contributed by atoms with Crippen molar-refractivity contribution in [3.63, 3.8) is 0 Å². The molecule has 0 unspecified atom stereocenters. The van der Waals surface area contributed by atoms with Crippen LogP contribution in [-0.4, -0.2) is 14.5 Å². The minimum atomic E-state index is -1.38. The Bertz CT molecular complexity index is 84.9. The highest BCUT2D eigenvalue weighted by atomic mass is 28.4. The molecule has 8 heavy (non-hydrogen) atoms. The van der Waals surface area contributed by atoms with Crippen LogP contribution < -0.4 is 0 Å². The zero-order chi connectivity index (χ0) is 6.62. The molecule has 0 radical (unpaired) electrons. The maximum atomic E-state index is 5.09. The lowest BCUT2D eigenvalue weighted by Crippen LogP contribution is -2.21. The van der Waals surface area contributed by atoms with E-state index in [1.54, 1.807) is 6.21 Å². The Balaban J connectivity index is 3.39. The molecular formula is C5H13NOSi. The van der Waals surface area contributed by atoms with Gasteiger partial charge in [-0.15, -0.1) is 5.16 Å². The van der Waals surface area contributed by atoms with Crippen LogP contribution in [0, 0.1) is 0 Å². The quantitative estimate of drug-likeness (QED) is 0.318. The third-order valence-corrected chi connectivity index (χ3v) is 1.09. The SMILES string of the molecule is CC=NO[Si](C)(C)C. The number of oxime groups is 1. The Morgan fingerprint density at radius 1 is 1.38 bits per heavy atom. The van der Waals surface area contributed by atoms with Crippen molar-refractivity contribution in [2.45, 2.75) is 26.6 Å². The van der Waals surface area contributed by atoms with E-state index in [1.165, 1.54) is 0 Å². The van der Waals surface area contributed by atoms with Crippen LogP contribution in [0.5, 0.6) is 0 Å². The lowest BCUT2D eigenvalue weighted by molar-refractivity contribution is 0.337. The van der Waals surface area contributed by atoms with Crippen LogP contribution in [0.1, 0.15) is 6.92 Å². The first-order chi connectivity index (χ1) is 3.56. The normalized spacial score (nSPS) is 12.5. The van der Waals surface area contributed by atoms with Crippen LogP contribution in [0.25, 0.3) is 0 Å². The first kappa shape index (κ1) is 7.69. The molecule has 0 atom stereocenters. The summed E-state index contributed by atoms with van der Waals surface area (Å²) in [6.45, 7) is 8.14. The highest BCUT2D eigenvalue weighted by Crippen LogP contribution is 2.01. The second kappa shape index (κ2) is 2.87. The number of nitrogens with zero attached hydrogens (tertiary/aromatic N) is 1. The Morgan fingerprint density at radius 3 is 2.00 bits per heavy atom. The lowest BCUT2D eigenvalue weighted by atomic mass is 10.9. The number of hydrogen-bond acceptors (Lipinski definition) is 2. The zero-order valence-corrected chi connectivity index (χ0v) is 6.93. The molecular weight excluding hydrogens is 118 g/mol. The van der Waals surface area contributed by atoms with E-state index >= 15 is 0 Å². The van der Waals surface area contributed by atoms with Crippen molar-refractivity contribution in [1.29, 1.82) is 0 Å². The third kappa shape index (κ3) is 5.69. The summed E-state index contributed by atoms with van der Waals surface area (Å²) in [6.07, 6.45) is 1.66. The summed E-state index contributed by atoms with van der Waals surface area (Å²) in [7, 11) is -1.38. The lowest BCUT2D eigenvalue weighted by Gasteiger charge is -2.11. The maximum Gasteiger partial charge on any atom is 0.278 e. The smallest absolute Gasteiger partial charge is 0.278 e. The van der Waals surface area contributed by atoms with Gasteiger partial charge in [0.25, 0.3) is 8.32 Å². The molecule has 0 bridgehead atoms. The van der Waals surface area contributed by atoms with Gasteiger partial charge in [0.1, 0.15) is 0 Å². The van der Waals surface area contributed by atoms with E-state index in [-0.39, 0.29) is 0 Å². The van der Waals surface area contributed by atoms with E-state index in [9.17, 15) is 0 Å². The number of hydrogen-bond donors (Lipinski definition) is 0. The van der Waals surface area contributed by atoms with Gasteiger partial charge < -0.3 is 4.53 Å². The van der Waals surface area contributed by atoms with Crippen LogP contribution in [0.4, 0.5) is 0 Å². The summed E-state index contributed by atoms with van der Waals surface area (Å²) in [5.74, 6) is 0. The average Bonchev–Trinajstić information content (AvgIpc) is 1.59. The van der Waals surface area contributed by atoms with Crippen molar-refractivity contribution in [2.75, 3.05) is 0 Å². The first-order valence-electron chi connectivity index (χ1n) is 2.72. The summed E-state index contributed by atoms with van der Waals surface area (Å²) in [6, 6.07) is 0. The third-order valence-electron chi connectivity index (χ3n) is 0.432. The molecule has 0 aliphatic carbocycles. The minimum Gasteiger partial charge on any atom is -0.456 e. The van der Waals surface area contributed by atoms with Crippen molar-refractivity contribution < 1.29 is 4.53 Å². The second-order valence-electron chi connectivity index (χ2n) is 2.57. The maximum absolute atomic E-state index is 5.09. The molecule has 0 aromatic carbocycles. The molecule has 0 rings (SSSR count). The van der Waals surface area contributed by atoms with Crippen LogP contribution in [-0.2, 0) is 4.53 Å². The highest BCUT2D eigenvalue weighted by Gasteiger charge is 2.14. The average molecular weight is 131 g/mol. The summed E-state index contributed by atoms with van der Waals surface area (Å²) in [5, 5.41) is 3.68. The van der Waals surface area contributed by atoms with Crippen LogP contribution in [0.2, 0.25) is 19.6 Å². The van der Waals surface area contributed by atoms with Gasteiger partial charge in [0.05, 0.1) is 0 Å². The summed E-state index contributed by atoms with van der Waals surface area (Å²) in [5.41, 5.74) is 0. The molecule has 0 N–H and O–H groups in total. The molecule has 0 aromatic rings. The Kier molecular flexibility index (Phi) is 2.75. The fourth-order valence-electron chi connectivity index (χ4n) is 0.211. The monoisotopic (exact) mass is 131 g/mol. The second-order valence-corrected chi connectivity index (χ2v) is 6.97. The van der Waals surface area contributed by atoms with Gasteiger partial charge in [-0.05, 0) is 26.6 Å². The molecule has 3 heteroatoms. The summed E-state index contributed by atoms with van der Waals surface area (Å²) in [4.78, 5) is 0. The van der Waals surface area contributed by atoms with E-state index in [2.05, 4.69) is 24.8 Å². The van der Waals surface area contributed by atoms with Gasteiger partial charge in [0.2, 0.25) is 0 Å².